The molecule has 0 saturated carbocycles. The Labute approximate surface area is 59.2 Å². The molecule has 50 valence electrons. The van der Waals surface area contributed by atoms with E-state index >= 15 is 0 Å². The summed E-state index contributed by atoms with van der Waals surface area (Å²) >= 11 is 1.78. The maximum atomic E-state index is 8.63. The number of methoxy groups -OCH3 is 1. The van der Waals surface area contributed by atoms with Gasteiger partial charge in [-0.15, -0.1) is 0 Å². The number of nitriles is 1. The van der Waals surface area contributed by atoms with Crippen molar-refractivity contribution < 1.29 is 4.74 Å². The molecule has 0 aromatic heterocycles. The minimum absolute atomic E-state index is 0.454. The third-order valence-corrected chi connectivity index (χ3v) is 2.74. The van der Waals surface area contributed by atoms with Gasteiger partial charge >= 0.3 is 0 Å². The molecule has 0 aromatic rings. The fourth-order valence-corrected chi connectivity index (χ4v) is 2.12. The number of hydrogen-bond donors (Lipinski definition) is 0. The molecule has 0 spiro atoms. The summed E-state index contributed by atoms with van der Waals surface area (Å²) in [5.41, 5.74) is -0.454. The van der Waals surface area contributed by atoms with E-state index in [0.717, 1.165) is 17.9 Å². The zero-order valence-corrected chi connectivity index (χ0v) is 6.20. The predicted molar refractivity (Wildman–Crippen MR) is 37.3 cm³/mol. The first-order valence-electron chi connectivity index (χ1n) is 2.87. The second kappa shape index (κ2) is 2.59. The van der Waals surface area contributed by atoms with Gasteiger partial charge in [-0.1, -0.05) is 0 Å². The molecule has 1 fully saturated rings. The normalized spacial score (nSPS) is 34.2. The molecule has 2 nitrogen and oxygen atoms in total. The highest BCUT2D eigenvalue weighted by molar-refractivity contribution is 7.99. The Morgan fingerprint density at radius 1 is 1.78 bits per heavy atom. The predicted octanol–water partition coefficient (Wildman–Crippen LogP) is 1.03. The van der Waals surface area contributed by atoms with Gasteiger partial charge in [-0.2, -0.15) is 17.0 Å². The lowest BCUT2D eigenvalue weighted by atomic mass is 10.1. The summed E-state index contributed by atoms with van der Waals surface area (Å²) in [6.45, 7) is 0. The van der Waals surface area contributed by atoms with Gasteiger partial charge in [0.05, 0.1) is 6.07 Å². The summed E-state index contributed by atoms with van der Waals surface area (Å²) in [5, 5.41) is 8.63. The summed E-state index contributed by atoms with van der Waals surface area (Å²) < 4.78 is 5.07. The molecule has 0 N–H and O–H groups in total. The molecule has 1 heterocycles. The van der Waals surface area contributed by atoms with Gasteiger partial charge in [-0.25, -0.2) is 0 Å². The first-order valence-corrected chi connectivity index (χ1v) is 4.03. The smallest absolute Gasteiger partial charge is 0.163 e. The van der Waals surface area contributed by atoms with Crippen molar-refractivity contribution in [2.45, 2.75) is 12.0 Å². The van der Waals surface area contributed by atoms with Crippen LogP contribution in [0.5, 0.6) is 0 Å². The Kier molecular flexibility index (Phi) is 1.99. The van der Waals surface area contributed by atoms with Crippen LogP contribution in [-0.2, 0) is 4.74 Å². The molecule has 0 aromatic carbocycles. The first-order chi connectivity index (χ1) is 4.33. The first kappa shape index (κ1) is 6.91. The molecule has 3 heteroatoms. The lowest BCUT2D eigenvalue weighted by Gasteiger charge is -2.15. The summed E-state index contributed by atoms with van der Waals surface area (Å²) in [6.07, 6.45) is 0.880. The number of rotatable bonds is 1. The number of nitrogens with zero attached hydrogens (tertiary/aromatic N) is 1. The van der Waals surface area contributed by atoms with E-state index in [9.17, 15) is 0 Å². The van der Waals surface area contributed by atoms with Crippen molar-refractivity contribution in [2.24, 2.45) is 0 Å². The van der Waals surface area contributed by atoms with Gasteiger partial charge in [0.2, 0.25) is 0 Å². The van der Waals surface area contributed by atoms with E-state index in [-0.39, 0.29) is 0 Å². The van der Waals surface area contributed by atoms with Gasteiger partial charge in [-0.3, -0.25) is 0 Å². The molecule has 0 aliphatic carbocycles. The van der Waals surface area contributed by atoms with Crippen molar-refractivity contribution in [3.05, 3.63) is 0 Å². The highest BCUT2D eigenvalue weighted by Gasteiger charge is 2.33. The zero-order valence-electron chi connectivity index (χ0n) is 5.39. The highest BCUT2D eigenvalue weighted by atomic mass is 32.2. The van der Waals surface area contributed by atoms with Crippen LogP contribution in [0.4, 0.5) is 0 Å². The van der Waals surface area contributed by atoms with Crippen LogP contribution in [-0.4, -0.2) is 24.2 Å². The molecule has 1 aliphatic heterocycles. The van der Waals surface area contributed by atoms with E-state index in [2.05, 4.69) is 6.07 Å². The zero-order chi connectivity index (χ0) is 6.74. The third kappa shape index (κ3) is 1.20. The van der Waals surface area contributed by atoms with Crippen LogP contribution in [0.3, 0.4) is 0 Å². The summed E-state index contributed by atoms with van der Waals surface area (Å²) in [6, 6.07) is 2.18. The van der Waals surface area contributed by atoms with Gasteiger partial charge < -0.3 is 4.74 Å². The summed E-state index contributed by atoms with van der Waals surface area (Å²) in [4.78, 5) is 0. The van der Waals surface area contributed by atoms with Gasteiger partial charge in [0.25, 0.3) is 0 Å². The van der Waals surface area contributed by atoms with Crippen LogP contribution in [0.1, 0.15) is 6.42 Å². The second-order valence-electron chi connectivity index (χ2n) is 2.11. The number of hydrogen-bond acceptors (Lipinski definition) is 3. The second-order valence-corrected chi connectivity index (χ2v) is 3.22. The Bertz CT molecular complexity index is 134. The lowest BCUT2D eigenvalue weighted by molar-refractivity contribution is 0.0624. The fraction of sp³-hybridized carbons (Fsp3) is 0.833. The molecular weight excluding hydrogens is 134 g/mol. The SMILES string of the molecule is CO[C@]1(C#N)CCSC1. The lowest BCUT2D eigenvalue weighted by Crippen LogP contribution is -2.28. The Balaban J connectivity index is 2.59. The van der Waals surface area contributed by atoms with Crippen molar-refractivity contribution in [3.8, 4) is 6.07 Å². The van der Waals surface area contributed by atoms with Crippen molar-refractivity contribution in [2.75, 3.05) is 18.6 Å². The van der Waals surface area contributed by atoms with Crippen LogP contribution in [0.2, 0.25) is 0 Å². The Morgan fingerprint density at radius 2 is 2.56 bits per heavy atom. The van der Waals surface area contributed by atoms with Crippen LogP contribution in [0.15, 0.2) is 0 Å². The average Bonchev–Trinajstić information content (AvgIpc) is 2.36. The van der Waals surface area contributed by atoms with Crippen molar-refractivity contribution in [3.63, 3.8) is 0 Å². The molecule has 0 bridgehead atoms. The monoisotopic (exact) mass is 143 g/mol. The van der Waals surface area contributed by atoms with Crippen LogP contribution < -0.4 is 0 Å². The quantitative estimate of drug-likeness (QED) is 0.549. The number of thioether (sulfide) groups is 1. The molecule has 0 radical (unpaired) electrons. The summed E-state index contributed by atoms with van der Waals surface area (Å²) in [5.74, 6) is 1.89. The Hall–Kier alpha value is -0.200. The Morgan fingerprint density at radius 3 is 2.78 bits per heavy atom. The molecule has 1 saturated heterocycles. The highest BCUT2D eigenvalue weighted by Crippen LogP contribution is 2.29. The van der Waals surface area contributed by atoms with E-state index in [1.165, 1.54) is 0 Å². The molecule has 1 aliphatic rings. The minimum atomic E-state index is -0.454. The maximum absolute atomic E-state index is 8.63. The molecule has 0 amide bonds. The third-order valence-electron chi connectivity index (χ3n) is 1.58. The van der Waals surface area contributed by atoms with Crippen molar-refractivity contribution >= 4 is 11.8 Å². The number of ether oxygens (including phenoxy) is 1. The van der Waals surface area contributed by atoms with E-state index < -0.39 is 5.60 Å². The maximum Gasteiger partial charge on any atom is 0.163 e. The molecule has 9 heavy (non-hydrogen) atoms. The van der Waals surface area contributed by atoms with Gasteiger partial charge in [0.15, 0.2) is 5.60 Å². The minimum Gasteiger partial charge on any atom is -0.362 e. The van der Waals surface area contributed by atoms with Crippen LogP contribution >= 0.6 is 11.8 Å². The van der Waals surface area contributed by atoms with Crippen molar-refractivity contribution in [1.82, 2.24) is 0 Å². The van der Waals surface area contributed by atoms with E-state index in [1.54, 1.807) is 18.9 Å². The van der Waals surface area contributed by atoms with Gasteiger partial charge in [-0.05, 0) is 12.2 Å². The molecule has 1 rings (SSSR count). The van der Waals surface area contributed by atoms with E-state index in [4.69, 9.17) is 10.00 Å². The van der Waals surface area contributed by atoms with E-state index in [0.29, 0.717) is 0 Å². The molecule has 1 atom stereocenters. The largest absolute Gasteiger partial charge is 0.362 e. The van der Waals surface area contributed by atoms with Crippen molar-refractivity contribution in [1.29, 1.82) is 5.26 Å². The fourth-order valence-electron chi connectivity index (χ4n) is 0.841. The van der Waals surface area contributed by atoms with Gasteiger partial charge in [0, 0.05) is 12.9 Å². The summed E-state index contributed by atoms with van der Waals surface area (Å²) in [7, 11) is 1.61. The topological polar surface area (TPSA) is 33.0 Å². The van der Waals surface area contributed by atoms with E-state index in [1.807, 2.05) is 0 Å². The van der Waals surface area contributed by atoms with Crippen LogP contribution in [0, 0.1) is 11.3 Å². The van der Waals surface area contributed by atoms with Gasteiger partial charge in [0.1, 0.15) is 0 Å². The molecular formula is C6H9NOS. The van der Waals surface area contributed by atoms with Crippen LogP contribution in [0.25, 0.3) is 0 Å². The molecule has 0 unspecified atom stereocenters. The standard InChI is InChI=1S/C6H9NOS/c1-8-6(4-7)2-3-9-5-6/h2-3,5H2,1H3/t6-/m0/s1. The average molecular weight is 143 g/mol.